The summed E-state index contributed by atoms with van der Waals surface area (Å²) in [6.45, 7) is 0.369. The fourth-order valence-electron chi connectivity index (χ4n) is 2.22. The zero-order valence-corrected chi connectivity index (χ0v) is 10.3. The van der Waals surface area contributed by atoms with Crippen LogP contribution in [0.4, 0.5) is 0 Å². The van der Waals surface area contributed by atoms with Gasteiger partial charge in [-0.05, 0) is 17.2 Å². The summed E-state index contributed by atoms with van der Waals surface area (Å²) in [7, 11) is 0. The molecule has 1 aliphatic heterocycles. The van der Waals surface area contributed by atoms with Crippen molar-refractivity contribution in [2.24, 2.45) is 4.99 Å². The molecular weight excluding hydrogens is 238 g/mol. The minimum absolute atomic E-state index is 0.369. The number of hydrogen-bond donors (Lipinski definition) is 0. The van der Waals surface area contributed by atoms with Crippen LogP contribution >= 0.6 is 0 Å². The molecule has 19 heavy (non-hydrogen) atoms. The van der Waals surface area contributed by atoms with Gasteiger partial charge in [0.05, 0.1) is 6.61 Å². The molecule has 1 aliphatic rings. The van der Waals surface area contributed by atoms with E-state index >= 15 is 0 Å². The first-order valence-electron chi connectivity index (χ1n) is 6.14. The van der Waals surface area contributed by atoms with Crippen molar-refractivity contribution in [1.29, 1.82) is 0 Å². The van der Waals surface area contributed by atoms with Crippen molar-refractivity contribution in [3.05, 3.63) is 60.2 Å². The molecule has 0 saturated heterocycles. The first-order valence-corrected chi connectivity index (χ1v) is 6.14. The van der Waals surface area contributed by atoms with Crippen molar-refractivity contribution in [1.82, 2.24) is 0 Å². The van der Waals surface area contributed by atoms with Crippen molar-refractivity contribution in [3.8, 4) is 11.1 Å². The fourth-order valence-corrected chi connectivity index (χ4v) is 2.22. The molecule has 0 amide bonds. The average Bonchev–Trinajstić information content (AvgIpc) is 2.98. The van der Waals surface area contributed by atoms with E-state index in [2.05, 4.69) is 4.99 Å². The highest BCUT2D eigenvalue weighted by Gasteiger charge is 2.34. The Morgan fingerprint density at radius 1 is 1.05 bits per heavy atom. The third-order valence-electron chi connectivity index (χ3n) is 3.20. The molecule has 0 fully saturated rings. The molecule has 0 spiro atoms. The molecule has 94 valence electrons. The molecule has 1 atom stereocenters. The van der Waals surface area contributed by atoms with Crippen molar-refractivity contribution in [2.45, 2.75) is 5.72 Å². The number of benzene rings is 2. The van der Waals surface area contributed by atoms with Crippen LogP contribution in [0.15, 0.2) is 59.6 Å². The van der Waals surface area contributed by atoms with Crippen LogP contribution in [-0.2, 0) is 15.3 Å². The van der Waals surface area contributed by atoms with Gasteiger partial charge in [-0.3, -0.25) is 4.79 Å². The molecule has 2 aromatic carbocycles. The molecule has 2 aromatic rings. The summed E-state index contributed by atoms with van der Waals surface area (Å²) in [5.41, 5.74) is 1.75. The Hall–Kier alpha value is -2.26. The van der Waals surface area contributed by atoms with Crippen molar-refractivity contribution in [3.63, 3.8) is 0 Å². The summed E-state index contributed by atoms with van der Waals surface area (Å²) in [6.07, 6.45) is 2.38. The highest BCUT2D eigenvalue weighted by atomic mass is 16.5. The predicted octanol–water partition coefficient (Wildman–Crippen LogP) is 2.81. The van der Waals surface area contributed by atoms with Gasteiger partial charge in [-0.25, -0.2) is 4.99 Å². The molecule has 3 nitrogen and oxygen atoms in total. The summed E-state index contributed by atoms with van der Waals surface area (Å²) >= 11 is 0. The van der Waals surface area contributed by atoms with Gasteiger partial charge >= 0.3 is 0 Å². The lowest BCUT2D eigenvalue weighted by molar-refractivity contribution is -0.127. The Bertz CT molecular complexity index is 622. The van der Waals surface area contributed by atoms with Crippen LogP contribution < -0.4 is 0 Å². The van der Waals surface area contributed by atoms with Crippen LogP contribution in [0.25, 0.3) is 11.1 Å². The van der Waals surface area contributed by atoms with Crippen molar-refractivity contribution < 1.29 is 9.53 Å². The highest BCUT2D eigenvalue weighted by molar-refractivity contribution is 5.75. The van der Waals surface area contributed by atoms with Gasteiger partial charge in [0.25, 0.3) is 0 Å². The van der Waals surface area contributed by atoms with Gasteiger partial charge in [0.15, 0.2) is 6.29 Å². The number of carbonyl (C=O) groups excluding carboxylic acids is 1. The number of rotatable bonds is 3. The van der Waals surface area contributed by atoms with Crippen LogP contribution in [0.3, 0.4) is 0 Å². The lowest BCUT2D eigenvalue weighted by Gasteiger charge is -2.19. The van der Waals surface area contributed by atoms with Crippen LogP contribution in [0.2, 0.25) is 0 Å². The highest BCUT2D eigenvalue weighted by Crippen LogP contribution is 2.31. The van der Waals surface area contributed by atoms with Gasteiger partial charge in [0.1, 0.15) is 0 Å². The lowest BCUT2D eigenvalue weighted by atomic mass is 9.98. The number of carbonyl (C=O) groups is 1. The largest absolute Gasteiger partial charge is 0.338 e. The van der Waals surface area contributed by atoms with Gasteiger partial charge < -0.3 is 4.74 Å². The van der Waals surface area contributed by atoms with Gasteiger partial charge in [0.2, 0.25) is 5.72 Å². The topological polar surface area (TPSA) is 38.7 Å². The predicted molar refractivity (Wildman–Crippen MR) is 74.1 cm³/mol. The molecule has 1 heterocycles. The van der Waals surface area contributed by atoms with E-state index in [0.717, 1.165) is 23.0 Å². The van der Waals surface area contributed by atoms with E-state index in [1.165, 1.54) is 0 Å². The van der Waals surface area contributed by atoms with Crippen LogP contribution in [0, 0.1) is 0 Å². The second-order valence-corrected chi connectivity index (χ2v) is 4.38. The number of aliphatic imine (C=N–C) groups is 1. The van der Waals surface area contributed by atoms with E-state index < -0.39 is 5.72 Å². The molecule has 0 radical (unpaired) electrons. The van der Waals surface area contributed by atoms with E-state index in [0.29, 0.717) is 6.61 Å². The summed E-state index contributed by atoms with van der Waals surface area (Å²) in [6, 6.07) is 17.8. The van der Waals surface area contributed by atoms with Gasteiger partial charge in [-0.2, -0.15) is 0 Å². The quantitative estimate of drug-likeness (QED) is 0.787. The Labute approximate surface area is 111 Å². The molecule has 0 N–H and O–H groups in total. The zero-order chi connectivity index (χ0) is 13.1. The van der Waals surface area contributed by atoms with Gasteiger partial charge in [-0.1, -0.05) is 48.5 Å². The maximum Gasteiger partial charge on any atom is 0.242 e. The minimum atomic E-state index is -1.16. The number of aldehydes is 1. The fraction of sp³-hybridized carbons (Fsp3) is 0.125. The van der Waals surface area contributed by atoms with Crippen molar-refractivity contribution in [2.75, 3.05) is 6.61 Å². The Morgan fingerprint density at radius 2 is 1.84 bits per heavy atom. The van der Waals surface area contributed by atoms with Crippen LogP contribution in [-0.4, -0.2) is 19.1 Å². The van der Waals surface area contributed by atoms with Crippen LogP contribution in [0.1, 0.15) is 5.56 Å². The summed E-state index contributed by atoms with van der Waals surface area (Å²) < 4.78 is 5.48. The minimum Gasteiger partial charge on any atom is -0.338 e. The molecular formula is C16H13NO2. The molecule has 0 aliphatic carbocycles. The van der Waals surface area contributed by atoms with E-state index in [1.807, 2.05) is 54.6 Å². The Balaban J connectivity index is 2.06. The summed E-state index contributed by atoms with van der Waals surface area (Å²) in [4.78, 5) is 15.5. The number of hydrogen-bond acceptors (Lipinski definition) is 3. The normalized spacial score (nSPS) is 21.5. The molecule has 0 aromatic heterocycles. The van der Waals surface area contributed by atoms with E-state index in [9.17, 15) is 4.79 Å². The van der Waals surface area contributed by atoms with E-state index in [4.69, 9.17) is 4.74 Å². The maximum atomic E-state index is 11.3. The van der Waals surface area contributed by atoms with E-state index in [-0.39, 0.29) is 0 Å². The summed E-state index contributed by atoms with van der Waals surface area (Å²) in [5.74, 6) is 0. The zero-order valence-electron chi connectivity index (χ0n) is 10.3. The smallest absolute Gasteiger partial charge is 0.242 e. The maximum absolute atomic E-state index is 11.3. The van der Waals surface area contributed by atoms with Crippen LogP contribution in [0.5, 0.6) is 0 Å². The van der Waals surface area contributed by atoms with Gasteiger partial charge in [-0.15, -0.1) is 0 Å². The molecule has 1 unspecified atom stereocenters. The second kappa shape index (κ2) is 4.78. The number of ether oxygens (including phenoxy) is 1. The average molecular weight is 251 g/mol. The third kappa shape index (κ3) is 2.09. The summed E-state index contributed by atoms with van der Waals surface area (Å²) in [5, 5.41) is 0. The van der Waals surface area contributed by atoms with Crippen molar-refractivity contribution >= 4 is 12.5 Å². The monoisotopic (exact) mass is 251 g/mol. The molecule has 3 rings (SSSR count). The Kier molecular flexibility index (Phi) is 2.97. The lowest BCUT2D eigenvalue weighted by Crippen LogP contribution is -2.25. The number of nitrogens with zero attached hydrogens (tertiary/aromatic N) is 1. The first-order chi connectivity index (χ1) is 9.34. The van der Waals surface area contributed by atoms with E-state index in [1.54, 1.807) is 6.21 Å². The molecule has 3 heteroatoms. The van der Waals surface area contributed by atoms with Gasteiger partial charge in [0, 0.05) is 11.8 Å². The SMILES string of the molecule is O=CC1(c2cccc(-c3ccccc3)c2)N=CCO1. The molecule has 0 saturated carbocycles. The third-order valence-corrected chi connectivity index (χ3v) is 3.20. The first kappa shape index (κ1) is 11.8. The molecule has 0 bridgehead atoms. The Morgan fingerprint density at radius 3 is 2.53 bits per heavy atom. The standard InChI is InChI=1S/C16H13NO2/c18-12-16(17-9-10-19-16)15-8-4-7-14(11-15)13-5-2-1-3-6-13/h1-9,11-12H,10H2. The second-order valence-electron chi connectivity index (χ2n) is 4.38.